The van der Waals surface area contributed by atoms with Crippen molar-refractivity contribution in [1.82, 2.24) is 0 Å². The van der Waals surface area contributed by atoms with Gasteiger partial charge in [0.15, 0.2) is 0 Å². The van der Waals surface area contributed by atoms with E-state index in [1.807, 2.05) is 11.8 Å². The van der Waals surface area contributed by atoms with Crippen LogP contribution in [0.1, 0.15) is 13.3 Å². The fourth-order valence-corrected chi connectivity index (χ4v) is 1.34. The van der Waals surface area contributed by atoms with Gasteiger partial charge in [-0.1, -0.05) is 6.07 Å². The molecule has 4 heteroatoms. The van der Waals surface area contributed by atoms with Gasteiger partial charge in [0.2, 0.25) is 0 Å². The molecule has 1 aromatic carbocycles. The minimum atomic E-state index is -0.427. The maximum absolute atomic E-state index is 13.2. The smallest absolute Gasteiger partial charge is 0.148 e. The number of nitrogen functional groups attached to an aromatic ring is 1. The molecule has 0 radical (unpaired) electrons. The third-order valence-electron chi connectivity index (χ3n) is 2.46. The normalized spacial score (nSPS) is 11.9. The Hall–Kier alpha value is -1.76. The predicted molar refractivity (Wildman–Crippen MR) is 58.9 cm³/mol. The Morgan fingerprint density at radius 1 is 1.60 bits per heavy atom. The maximum Gasteiger partial charge on any atom is 0.148 e. The maximum atomic E-state index is 13.2. The standard InChI is InChI=1S/C11H14FN3/c1-8(6-7-13)15(2)10-5-3-4-9(12)11(10)14/h3-5,8H,6,14H2,1-2H3. The third kappa shape index (κ3) is 2.38. The first-order chi connectivity index (χ1) is 7.07. The van der Waals surface area contributed by atoms with Gasteiger partial charge >= 0.3 is 0 Å². The Bertz CT molecular complexity index is 384. The van der Waals surface area contributed by atoms with Crippen LogP contribution in [0.4, 0.5) is 15.8 Å². The SMILES string of the molecule is CC(CC#N)N(C)c1cccc(F)c1N. The Kier molecular flexibility index (Phi) is 3.51. The van der Waals surface area contributed by atoms with E-state index >= 15 is 0 Å². The number of anilines is 2. The molecular formula is C11H14FN3. The largest absolute Gasteiger partial charge is 0.395 e. The van der Waals surface area contributed by atoms with Crippen LogP contribution in [0.5, 0.6) is 0 Å². The molecule has 0 saturated carbocycles. The van der Waals surface area contributed by atoms with Crippen molar-refractivity contribution in [2.45, 2.75) is 19.4 Å². The average Bonchev–Trinajstić information content (AvgIpc) is 2.21. The molecule has 0 heterocycles. The monoisotopic (exact) mass is 207 g/mol. The Morgan fingerprint density at radius 3 is 2.87 bits per heavy atom. The molecule has 0 bridgehead atoms. The fraction of sp³-hybridized carbons (Fsp3) is 0.364. The number of rotatable bonds is 3. The summed E-state index contributed by atoms with van der Waals surface area (Å²) in [5.41, 5.74) is 6.37. The van der Waals surface area contributed by atoms with Crippen molar-refractivity contribution in [3.05, 3.63) is 24.0 Å². The van der Waals surface area contributed by atoms with Crippen LogP contribution in [-0.4, -0.2) is 13.1 Å². The van der Waals surface area contributed by atoms with Gasteiger partial charge in [-0.3, -0.25) is 0 Å². The predicted octanol–water partition coefficient (Wildman–Crippen LogP) is 2.15. The van der Waals surface area contributed by atoms with Crippen LogP contribution >= 0.6 is 0 Å². The van der Waals surface area contributed by atoms with Crippen molar-refractivity contribution in [1.29, 1.82) is 5.26 Å². The molecule has 0 saturated heterocycles. The molecule has 0 aromatic heterocycles. The van der Waals surface area contributed by atoms with Crippen LogP contribution in [0.25, 0.3) is 0 Å². The van der Waals surface area contributed by atoms with Gasteiger partial charge in [-0.05, 0) is 19.1 Å². The number of halogens is 1. The van der Waals surface area contributed by atoms with E-state index in [1.165, 1.54) is 6.07 Å². The number of benzene rings is 1. The highest BCUT2D eigenvalue weighted by atomic mass is 19.1. The summed E-state index contributed by atoms with van der Waals surface area (Å²) in [7, 11) is 1.80. The number of nitriles is 1. The van der Waals surface area contributed by atoms with Crippen molar-refractivity contribution in [3.63, 3.8) is 0 Å². The van der Waals surface area contributed by atoms with Gasteiger partial charge in [0, 0.05) is 13.1 Å². The second-order valence-electron chi connectivity index (χ2n) is 3.49. The lowest BCUT2D eigenvalue weighted by atomic mass is 10.1. The van der Waals surface area contributed by atoms with Crippen molar-refractivity contribution >= 4 is 11.4 Å². The Balaban J connectivity index is 2.96. The number of hydrogen-bond acceptors (Lipinski definition) is 3. The van der Waals surface area contributed by atoms with E-state index in [0.717, 1.165) is 0 Å². The lowest BCUT2D eigenvalue weighted by Crippen LogP contribution is -2.29. The highest BCUT2D eigenvalue weighted by Crippen LogP contribution is 2.26. The molecule has 0 fully saturated rings. The first-order valence-corrected chi connectivity index (χ1v) is 4.71. The number of nitrogens with two attached hydrogens (primary N) is 1. The summed E-state index contributed by atoms with van der Waals surface area (Å²) in [6.45, 7) is 1.90. The zero-order chi connectivity index (χ0) is 11.4. The van der Waals surface area contributed by atoms with Gasteiger partial charge in [0.25, 0.3) is 0 Å². The van der Waals surface area contributed by atoms with Gasteiger partial charge in [0.1, 0.15) is 5.82 Å². The minimum absolute atomic E-state index is 0.0131. The van der Waals surface area contributed by atoms with Crippen molar-refractivity contribution in [2.24, 2.45) is 0 Å². The molecule has 0 aliphatic heterocycles. The average molecular weight is 207 g/mol. The van der Waals surface area contributed by atoms with Gasteiger partial charge < -0.3 is 10.6 Å². The van der Waals surface area contributed by atoms with Crippen molar-refractivity contribution < 1.29 is 4.39 Å². The van der Waals surface area contributed by atoms with E-state index in [4.69, 9.17) is 11.0 Å². The third-order valence-corrected chi connectivity index (χ3v) is 2.46. The van der Waals surface area contributed by atoms with E-state index in [1.54, 1.807) is 19.2 Å². The van der Waals surface area contributed by atoms with Crippen LogP contribution in [0.2, 0.25) is 0 Å². The summed E-state index contributed by atoms with van der Waals surface area (Å²) in [4.78, 5) is 1.81. The molecule has 1 aromatic rings. The first-order valence-electron chi connectivity index (χ1n) is 4.71. The van der Waals surface area contributed by atoms with Crippen LogP contribution < -0.4 is 10.6 Å². The lowest BCUT2D eigenvalue weighted by molar-refractivity contribution is 0.629. The summed E-state index contributed by atoms with van der Waals surface area (Å²) in [5.74, 6) is -0.427. The quantitative estimate of drug-likeness (QED) is 0.772. The van der Waals surface area contributed by atoms with E-state index in [2.05, 4.69) is 6.07 Å². The molecule has 0 amide bonds. The Morgan fingerprint density at radius 2 is 2.27 bits per heavy atom. The van der Waals surface area contributed by atoms with Gasteiger partial charge in [0.05, 0.1) is 23.9 Å². The van der Waals surface area contributed by atoms with Crippen LogP contribution in [0, 0.1) is 17.1 Å². The number of hydrogen-bond donors (Lipinski definition) is 1. The summed E-state index contributed by atoms with van der Waals surface area (Å²) in [5, 5.41) is 8.57. The summed E-state index contributed by atoms with van der Waals surface area (Å²) in [6, 6.07) is 6.76. The molecule has 0 aliphatic rings. The molecule has 1 unspecified atom stereocenters. The molecule has 80 valence electrons. The summed E-state index contributed by atoms with van der Waals surface area (Å²) >= 11 is 0. The van der Waals surface area contributed by atoms with E-state index < -0.39 is 5.82 Å². The molecule has 0 aliphatic carbocycles. The molecule has 15 heavy (non-hydrogen) atoms. The first kappa shape index (κ1) is 11.3. The summed E-state index contributed by atoms with van der Waals surface area (Å²) in [6.07, 6.45) is 0.381. The minimum Gasteiger partial charge on any atom is -0.395 e. The molecule has 3 nitrogen and oxygen atoms in total. The topological polar surface area (TPSA) is 53.0 Å². The van der Waals surface area contributed by atoms with E-state index in [0.29, 0.717) is 12.1 Å². The highest BCUT2D eigenvalue weighted by Gasteiger charge is 2.13. The van der Waals surface area contributed by atoms with Crippen LogP contribution in [0.15, 0.2) is 18.2 Å². The zero-order valence-corrected chi connectivity index (χ0v) is 8.87. The molecule has 1 rings (SSSR count). The second kappa shape index (κ2) is 4.65. The van der Waals surface area contributed by atoms with Gasteiger partial charge in [-0.25, -0.2) is 4.39 Å². The number of para-hydroxylation sites is 1. The van der Waals surface area contributed by atoms with Crippen LogP contribution in [0.3, 0.4) is 0 Å². The van der Waals surface area contributed by atoms with Crippen LogP contribution in [-0.2, 0) is 0 Å². The lowest BCUT2D eigenvalue weighted by Gasteiger charge is -2.26. The van der Waals surface area contributed by atoms with Crippen molar-refractivity contribution in [2.75, 3.05) is 17.7 Å². The zero-order valence-electron chi connectivity index (χ0n) is 8.87. The van der Waals surface area contributed by atoms with Gasteiger partial charge in [-0.15, -0.1) is 0 Å². The molecular weight excluding hydrogens is 193 g/mol. The molecule has 1 atom stereocenters. The molecule has 0 spiro atoms. The summed E-state index contributed by atoms with van der Waals surface area (Å²) < 4.78 is 13.2. The fourth-order valence-electron chi connectivity index (χ4n) is 1.34. The highest BCUT2D eigenvalue weighted by molar-refractivity contribution is 5.68. The van der Waals surface area contributed by atoms with Gasteiger partial charge in [-0.2, -0.15) is 5.26 Å². The Labute approximate surface area is 88.9 Å². The number of nitrogens with zero attached hydrogens (tertiary/aromatic N) is 2. The van der Waals surface area contributed by atoms with Crippen molar-refractivity contribution in [3.8, 4) is 6.07 Å². The molecule has 2 N–H and O–H groups in total. The van der Waals surface area contributed by atoms with E-state index in [-0.39, 0.29) is 11.7 Å². The van der Waals surface area contributed by atoms with E-state index in [9.17, 15) is 4.39 Å². The second-order valence-corrected chi connectivity index (χ2v) is 3.49.